The van der Waals surface area contributed by atoms with Crippen LogP contribution in [-0.2, 0) is 0 Å². The molecule has 0 nitrogen and oxygen atoms in total. The van der Waals surface area contributed by atoms with Crippen LogP contribution in [0.3, 0.4) is 0 Å². The van der Waals surface area contributed by atoms with E-state index in [2.05, 4.69) is 49.4 Å². The fraction of sp³-hybridized carbons (Fsp3) is 0.286. The lowest BCUT2D eigenvalue weighted by molar-refractivity contribution is 1.25. The fourth-order valence-corrected chi connectivity index (χ4v) is 1.49. The Hall–Kier alpha value is -1.30. The highest BCUT2D eigenvalue weighted by Gasteiger charge is 1.98. The van der Waals surface area contributed by atoms with E-state index in [1.165, 1.54) is 16.7 Å². The smallest absolute Gasteiger partial charge is 0.0135 e. The first-order valence-electron chi connectivity index (χ1n) is 5.29. The van der Waals surface area contributed by atoms with Crippen LogP contribution in [-0.4, -0.2) is 0 Å². The van der Waals surface area contributed by atoms with Crippen molar-refractivity contribution in [3.63, 3.8) is 0 Å². The Bertz CT molecular complexity index is 343. The topological polar surface area (TPSA) is 0 Å². The Morgan fingerprint density at radius 2 is 1.64 bits per heavy atom. The minimum absolute atomic E-state index is 1.08. The van der Waals surface area contributed by atoms with Crippen molar-refractivity contribution < 1.29 is 0 Å². The summed E-state index contributed by atoms with van der Waals surface area (Å²) >= 11 is 0. The zero-order valence-electron chi connectivity index (χ0n) is 9.25. The van der Waals surface area contributed by atoms with Crippen LogP contribution in [0.2, 0.25) is 0 Å². The molecule has 0 saturated heterocycles. The number of hydrogen-bond acceptors (Lipinski definition) is 0. The Morgan fingerprint density at radius 1 is 1.00 bits per heavy atom. The Morgan fingerprint density at radius 3 is 2.36 bits per heavy atom. The molecule has 14 heavy (non-hydrogen) atoms. The Kier molecular flexibility index (Phi) is 4.18. The van der Waals surface area contributed by atoms with Crippen molar-refractivity contribution in [3.8, 4) is 0 Å². The third kappa shape index (κ3) is 2.59. The van der Waals surface area contributed by atoms with E-state index in [0.717, 1.165) is 6.42 Å². The zero-order valence-corrected chi connectivity index (χ0v) is 9.25. The highest BCUT2D eigenvalue weighted by Crippen LogP contribution is 2.20. The average molecular weight is 186 g/mol. The van der Waals surface area contributed by atoms with Gasteiger partial charge in [0.1, 0.15) is 0 Å². The van der Waals surface area contributed by atoms with Gasteiger partial charge in [0.2, 0.25) is 0 Å². The standard InChI is InChI=1S/C12H12.C2H6/c1-10-5-4-8-11-6-2-3-7-12(11)9-10;1-2/h2-4,6-9H,5H2,1H3;1-2H3. The number of rotatable bonds is 0. The highest BCUT2D eigenvalue weighted by molar-refractivity contribution is 5.68. The van der Waals surface area contributed by atoms with Gasteiger partial charge < -0.3 is 0 Å². The van der Waals surface area contributed by atoms with E-state index in [0.29, 0.717) is 0 Å². The second kappa shape index (κ2) is 5.43. The molecule has 0 heteroatoms. The monoisotopic (exact) mass is 186 g/mol. The van der Waals surface area contributed by atoms with Crippen molar-refractivity contribution in [2.24, 2.45) is 0 Å². The molecule has 2 rings (SSSR count). The van der Waals surface area contributed by atoms with Gasteiger partial charge in [-0.1, -0.05) is 61.9 Å². The van der Waals surface area contributed by atoms with Crippen LogP contribution in [0.1, 0.15) is 38.3 Å². The average Bonchev–Trinajstić information content (AvgIpc) is 2.41. The minimum Gasteiger partial charge on any atom is -0.0799 e. The number of allylic oxidation sites excluding steroid dienone is 2. The van der Waals surface area contributed by atoms with Gasteiger partial charge in [0.25, 0.3) is 0 Å². The van der Waals surface area contributed by atoms with E-state index in [-0.39, 0.29) is 0 Å². The van der Waals surface area contributed by atoms with Gasteiger partial charge in [-0.05, 0) is 24.5 Å². The summed E-state index contributed by atoms with van der Waals surface area (Å²) in [6.45, 7) is 6.17. The van der Waals surface area contributed by atoms with E-state index < -0.39 is 0 Å². The molecule has 0 aromatic heterocycles. The predicted octanol–water partition coefficient (Wildman–Crippen LogP) is 4.53. The van der Waals surface area contributed by atoms with E-state index >= 15 is 0 Å². The lowest BCUT2D eigenvalue weighted by atomic mass is 10.1. The quantitative estimate of drug-likeness (QED) is 0.558. The van der Waals surface area contributed by atoms with Gasteiger partial charge >= 0.3 is 0 Å². The summed E-state index contributed by atoms with van der Waals surface area (Å²) in [6, 6.07) is 8.48. The summed E-state index contributed by atoms with van der Waals surface area (Å²) in [6.07, 6.45) is 7.75. The summed E-state index contributed by atoms with van der Waals surface area (Å²) in [5.41, 5.74) is 4.09. The summed E-state index contributed by atoms with van der Waals surface area (Å²) in [4.78, 5) is 0. The summed E-state index contributed by atoms with van der Waals surface area (Å²) in [5.74, 6) is 0. The van der Waals surface area contributed by atoms with Gasteiger partial charge in [-0.15, -0.1) is 0 Å². The van der Waals surface area contributed by atoms with Crippen LogP contribution in [0.25, 0.3) is 12.2 Å². The van der Waals surface area contributed by atoms with Crippen LogP contribution >= 0.6 is 0 Å². The zero-order chi connectivity index (χ0) is 10.4. The largest absolute Gasteiger partial charge is 0.0799 e. The molecular weight excluding hydrogens is 168 g/mol. The molecule has 1 aromatic carbocycles. The lowest BCUT2D eigenvalue weighted by Gasteiger charge is -1.98. The molecule has 1 aliphatic rings. The van der Waals surface area contributed by atoms with Gasteiger partial charge in [-0.2, -0.15) is 0 Å². The molecule has 0 bridgehead atoms. The normalized spacial score (nSPS) is 13.2. The van der Waals surface area contributed by atoms with Gasteiger partial charge in [-0.3, -0.25) is 0 Å². The van der Waals surface area contributed by atoms with Crippen molar-refractivity contribution in [1.29, 1.82) is 0 Å². The van der Waals surface area contributed by atoms with Crippen LogP contribution in [0.15, 0.2) is 35.9 Å². The SMILES string of the molecule is CC.CC1=Cc2ccccc2C=CC1. The number of hydrogen-bond donors (Lipinski definition) is 0. The predicted molar refractivity (Wildman–Crippen MR) is 65.1 cm³/mol. The molecule has 0 fully saturated rings. The van der Waals surface area contributed by atoms with Gasteiger partial charge in [-0.25, -0.2) is 0 Å². The molecule has 0 radical (unpaired) electrons. The van der Waals surface area contributed by atoms with Crippen molar-refractivity contribution in [1.82, 2.24) is 0 Å². The van der Waals surface area contributed by atoms with Crippen molar-refractivity contribution in [2.75, 3.05) is 0 Å². The lowest BCUT2D eigenvalue weighted by Crippen LogP contribution is -1.77. The molecule has 0 atom stereocenters. The maximum absolute atomic E-state index is 2.26. The Balaban J connectivity index is 0.000000461. The maximum Gasteiger partial charge on any atom is -0.0135 e. The molecular formula is C14H18. The highest BCUT2D eigenvalue weighted by atomic mass is 14.0. The van der Waals surface area contributed by atoms with E-state index in [1.807, 2.05) is 13.8 Å². The Labute approximate surface area is 87.0 Å². The molecule has 0 heterocycles. The van der Waals surface area contributed by atoms with Crippen molar-refractivity contribution in [3.05, 3.63) is 47.0 Å². The van der Waals surface area contributed by atoms with Crippen molar-refractivity contribution >= 4 is 12.2 Å². The summed E-state index contributed by atoms with van der Waals surface area (Å²) < 4.78 is 0. The van der Waals surface area contributed by atoms with Crippen molar-refractivity contribution in [2.45, 2.75) is 27.2 Å². The molecule has 0 N–H and O–H groups in total. The molecule has 0 unspecified atom stereocenters. The van der Waals surface area contributed by atoms with E-state index in [1.54, 1.807) is 0 Å². The second-order valence-electron chi connectivity index (χ2n) is 3.23. The molecule has 74 valence electrons. The maximum atomic E-state index is 2.26. The van der Waals surface area contributed by atoms with E-state index in [9.17, 15) is 0 Å². The third-order valence-electron chi connectivity index (χ3n) is 2.14. The first-order chi connectivity index (χ1) is 6.86. The number of fused-ring (bicyclic) bond motifs is 1. The van der Waals surface area contributed by atoms with Gasteiger partial charge in [0.15, 0.2) is 0 Å². The molecule has 1 aromatic rings. The summed E-state index contributed by atoms with van der Waals surface area (Å²) in [7, 11) is 0. The van der Waals surface area contributed by atoms with Crippen LogP contribution in [0.4, 0.5) is 0 Å². The molecule has 0 aliphatic heterocycles. The first-order valence-corrected chi connectivity index (χ1v) is 5.29. The summed E-state index contributed by atoms with van der Waals surface area (Å²) in [5, 5.41) is 0. The molecule has 0 amide bonds. The second-order valence-corrected chi connectivity index (χ2v) is 3.23. The van der Waals surface area contributed by atoms with E-state index in [4.69, 9.17) is 0 Å². The van der Waals surface area contributed by atoms with Crippen LogP contribution < -0.4 is 0 Å². The van der Waals surface area contributed by atoms with Crippen LogP contribution in [0, 0.1) is 0 Å². The molecule has 0 saturated carbocycles. The third-order valence-corrected chi connectivity index (χ3v) is 2.14. The van der Waals surface area contributed by atoms with Gasteiger partial charge in [0.05, 0.1) is 0 Å². The minimum atomic E-state index is 1.08. The number of benzene rings is 1. The van der Waals surface area contributed by atoms with Crippen LogP contribution in [0.5, 0.6) is 0 Å². The first kappa shape index (κ1) is 10.8. The molecule has 1 aliphatic carbocycles. The fourth-order valence-electron chi connectivity index (χ4n) is 1.49. The molecule has 0 spiro atoms. The van der Waals surface area contributed by atoms with Gasteiger partial charge in [0, 0.05) is 0 Å².